The van der Waals surface area contributed by atoms with Gasteiger partial charge in [0, 0.05) is 19.3 Å². The van der Waals surface area contributed by atoms with Crippen molar-refractivity contribution in [2.45, 2.75) is 6.04 Å². The summed E-state index contributed by atoms with van der Waals surface area (Å²) in [6, 6.07) is 4.91. The summed E-state index contributed by atoms with van der Waals surface area (Å²) in [7, 11) is 0. The third-order valence-electron chi connectivity index (χ3n) is 3.68. The van der Waals surface area contributed by atoms with E-state index in [9.17, 15) is 14.7 Å². The average molecular weight is 290 g/mol. The van der Waals surface area contributed by atoms with Gasteiger partial charge in [-0.3, -0.25) is 4.90 Å². The number of pyridine rings is 1. The monoisotopic (exact) mass is 290 g/mol. The molecule has 0 spiro atoms. The van der Waals surface area contributed by atoms with Gasteiger partial charge in [0.15, 0.2) is 0 Å². The van der Waals surface area contributed by atoms with Crippen LogP contribution in [0.25, 0.3) is 5.65 Å². The molecule has 0 aliphatic carbocycles. The first-order valence-corrected chi connectivity index (χ1v) is 6.47. The normalized spacial score (nSPS) is 19.0. The van der Waals surface area contributed by atoms with Crippen LogP contribution in [0, 0.1) is 0 Å². The molecule has 8 nitrogen and oxygen atoms in total. The second kappa shape index (κ2) is 4.97. The van der Waals surface area contributed by atoms with Gasteiger partial charge in [0.1, 0.15) is 5.65 Å². The van der Waals surface area contributed by atoms with E-state index in [0.717, 1.165) is 0 Å². The van der Waals surface area contributed by atoms with Crippen LogP contribution in [0.4, 0.5) is 9.59 Å². The van der Waals surface area contributed by atoms with Crippen molar-refractivity contribution in [1.29, 1.82) is 0 Å². The minimum absolute atomic E-state index is 0.102. The minimum atomic E-state index is -1.06. The lowest BCUT2D eigenvalue weighted by atomic mass is 10.1. The van der Waals surface area contributed by atoms with Crippen molar-refractivity contribution in [1.82, 2.24) is 19.2 Å². The van der Waals surface area contributed by atoms with Crippen LogP contribution in [0.1, 0.15) is 11.7 Å². The van der Waals surface area contributed by atoms with Crippen LogP contribution in [-0.4, -0.2) is 61.2 Å². The third-order valence-corrected chi connectivity index (χ3v) is 3.68. The van der Waals surface area contributed by atoms with Gasteiger partial charge in [0.25, 0.3) is 0 Å². The summed E-state index contributed by atoms with van der Waals surface area (Å²) in [5.74, 6) is 0. The summed E-state index contributed by atoms with van der Waals surface area (Å²) in [4.78, 5) is 29.3. The molecule has 1 fully saturated rings. The number of hydrogen-bond donors (Lipinski definition) is 2. The van der Waals surface area contributed by atoms with E-state index >= 15 is 0 Å². The SMILES string of the molecule is O=C(O)N1CCN(C(=O)O)C(c2cnc3ccccn23)C1. The summed E-state index contributed by atoms with van der Waals surface area (Å²) >= 11 is 0. The molecule has 110 valence electrons. The van der Waals surface area contributed by atoms with Crippen LogP contribution in [-0.2, 0) is 0 Å². The van der Waals surface area contributed by atoms with Gasteiger partial charge in [0.2, 0.25) is 0 Å². The van der Waals surface area contributed by atoms with Crippen molar-refractivity contribution >= 4 is 17.8 Å². The highest BCUT2D eigenvalue weighted by molar-refractivity contribution is 5.68. The smallest absolute Gasteiger partial charge is 0.407 e. The Labute approximate surface area is 119 Å². The first-order valence-electron chi connectivity index (χ1n) is 6.47. The maximum absolute atomic E-state index is 11.4. The molecule has 1 unspecified atom stereocenters. The second-order valence-corrected chi connectivity index (χ2v) is 4.83. The van der Waals surface area contributed by atoms with Crippen LogP contribution in [0.15, 0.2) is 30.6 Å². The molecule has 1 aliphatic heterocycles. The molecule has 0 bridgehead atoms. The number of rotatable bonds is 1. The highest BCUT2D eigenvalue weighted by Gasteiger charge is 2.35. The predicted molar refractivity (Wildman–Crippen MR) is 72.3 cm³/mol. The molecule has 1 atom stereocenters. The number of hydrogen-bond acceptors (Lipinski definition) is 3. The lowest BCUT2D eigenvalue weighted by Gasteiger charge is -2.38. The van der Waals surface area contributed by atoms with Crippen LogP contribution in [0.3, 0.4) is 0 Å². The topological polar surface area (TPSA) is 98.4 Å². The first-order chi connectivity index (χ1) is 10.1. The van der Waals surface area contributed by atoms with E-state index < -0.39 is 18.2 Å². The maximum Gasteiger partial charge on any atom is 0.407 e. The Morgan fingerprint density at radius 1 is 1.19 bits per heavy atom. The molecule has 3 heterocycles. The highest BCUT2D eigenvalue weighted by Crippen LogP contribution is 2.26. The van der Waals surface area contributed by atoms with Crippen LogP contribution in [0.2, 0.25) is 0 Å². The number of imidazole rings is 1. The van der Waals surface area contributed by atoms with E-state index in [1.807, 2.05) is 18.2 Å². The Morgan fingerprint density at radius 2 is 2.00 bits per heavy atom. The Bertz CT molecular complexity index is 698. The van der Waals surface area contributed by atoms with Gasteiger partial charge >= 0.3 is 12.2 Å². The van der Waals surface area contributed by atoms with Crippen molar-refractivity contribution in [3.63, 3.8) is 0 Å². The zero-order valence-corrected chi connectivity index (χ0v) is 11.1. The quantitative estimate of drug-likeness (QED) is 0.826. The summed E-state index contributed by atoms with van der Waals surface area (Å²) in [6.45, 7) is 0.422. The van der Waals surface area contributed by atoms with Gasteiger partial charge in [-0.2, -0.15) is 0 Å². The fourth-order valence-electron chi connectivity index (χ4n) is 2.64. The number of carbonyl (C=O) groups is 2. The molecule has 1 aliphatic rings. The van der Waals surface area contributed by atoms with Crippen molar-refractivity contribution in [2.75, 3.05) is 19.6 Å². The fourth-order valence-corrected chi connectivity index (χ4v) is 2.64. The minimum Gasteiger partial charge on any atom is -0.465 e. The number of carboxylic acid groups (broad SMARTS) is 2. The predicted octanol–water partition coefficient (Wildman–Crippen LogP) is 1.35. The van der Waals surface area contributed by atoms with E-state index in [1.54, 1.807) is 16.8 Å². The van der Waals surface area contributed by atoms with Gasteiger partial charge in [-0.25, -0.2) is 14.6 Å². The summed E-state index contributed by atoms with van der Waals surface area (Å²) in [6.07, 6.45) is 1.29. The number of aromatic nitrogens is 2. The Kier molecular flexibility index (Phi) is 3.13. The first kappa shape index (κ1) is 13.2. The molecule has 1 saturated heterocycles. The molecule has 21 heavy (non-hydrogen) atoms. The van der Waals surface area contributed by atoms with Crippen molar-refractivity contribution < 1.29 is 19.8 Å². The van der Waals surface area contributed by atoms with Crippen LogP contribution < -0.4 is 0 Å². The number of piperazine rings is 1. The van der Waals surface area contributed by atoms with E-state index in [1.165, 1.54) is 9.80 Å². The summed E-state index contributed by atoms with van der Waals surface area (Å²) in [5.41, 5.74) is 1.37. The van der Waals surface area contributed by atoms with Gasteiger partial charge in [-0.15, -0.1) is 0 Å². The van der Waals surface area contributed by atoms with E-state index in [2.05, 4.69) is 4.98 Å². The van der Waals surface area contributed by atoms with Crippen LogP contribution >= 0.6 is 0 Å². The van der Waals surface area contributed by atoms with E-state index in [-0.39, 0.29) is 19.6 Å². The number of fused-ring (bicyclic) bond motifs is 1. The standard InChI is InChI=1S/C13H14N4O4/c18-12(19)15-5-6-17(13(20)21)10(8-15)9-7-14-11-3-1-2-4-16(9)11/h1-4,7,10H,5-6,8H2,(H,18,19)(H,20,21). The molecule has 8 heteroatoms. The largest absolute Gasteiger partial charge is 0.465 e. The second-order valence-electron chi connectivity index (χ2n) is 4.83. The molecule has 2 N–H and O–H groups in total. The molecule has 0 radical (unpaired) electrons. The van der Waals surface area contributed by atoms with Crippen LogP contribution in [0.5, 0.6) is 0 Å². The van der Waals surface area contributed by atoms with Crippen molar-refractivity contribution in [3.05, 3.63) is 36.3 Å². The lowest BCUT2D eigenvalue weighted by molar-refractivity contribution is 0.0620. The molecule has 0 saturated carbocycles. The lowest BCUT2D eigenvalue weighted by Crippen LogP contribution is -2.52. The Morgan fingerprint density at radius 3 is 2.71 bits per heavy atom. The molecule has 3 rings (SSSR count). The molecule has 2 aromatic heterocycles. The molecule has 2 aromatic rings. The Balaban J connectivity index is 2.02. The van der Waals surface area contributed by atoms with Gasteiger partial charge < -0.3 is 19.5 Å². The number of amides is 2. The highest BCUT2D eigenvalue weighted by atomic mass is 16.4. The van der Waals surface area contributed by atoms with Crippen molar-refractivity contribution in [2.24, 2.45) is 0 Å². The molecule has 0 aromatic carbocycles. The third kappa shape index (κ3) is 2.24. The van der Waals surface area contributed by atoms with E-state index in [4.69, 9.17) is 5.11 Å². The van der Waals surface area contributed by atoms with Gasteiger partial charge in [-0.05, 0) is 12.1 Å². The van der Waals surface area contributed by atoms with E-state index in [0.29, 0.717) is 11.3 Å². The van der Waals surface area contributed by atoms with Gasteiger partial charge in [-0.1, -0.05) is 6.07 Å². The number of nitrogens with zero attached hydrogens (tertiary/aromatic N) is 4. The summed E-state index contributed by atoms with van der Waals surface area (Å²) < 4.78 is 1.78. The zero-order chi connectivity index (χ0) is 15.0. The maximum atomic E-state index is 11.4. The van der Waals surface area contributed by atoms with Gasteiger partial charge in [0.05, 0.1) is 24.5 Å². The zero-order valence-electron chi connectivity index (χ0n) is 11.1. The average Bonchev–Trinajstić information content (AvgIpc) is 2.90. The Hall–Kier alpha value is -2.77. The summed E-state index contributed by atoms with van der Waals surface area (Å²) in [5, 5.41) is 18.5. The molecular weight excluding hydrogens is 276 g/mol. The van der Waals surface area contributed by atoms with Crippen molar-refractivity contribution in [3.8, 4) is 0 Å². The molecular formula is C13H14N4O4. The fraction of sp³-hybridized carbons (Fsp3) is 0.308. The molecule has 2 amide bonds.